The van der Waals surface area contributed by atoms with Gasteiger partial charge in [0.2, 0.25) is 0 Å². The van der Waals surface area contributed by atoms with Gasteiger partial charge < -0.3 is 5.73 Å². The maximum atomic E-state index is 13.6. The molecule has 0 saturated carbocycles. The molecule has 0 aliphatic rings. The van der Waals surface area contributed by atoms with Crippen LogP contribution in [0.15, 0.2) is 39.7 Å². The lowest BCUT2D eigenvalue weighted by Crippen LogP contribution is -2.14. The first kappa shape index (κ1) is 16.1. The smallest absolute Gasteiger partial charge is 0.262 e. The van der Waals surface area contributed by atoms with Crippen LogP contribution < -0.4 is 10.5 Å². The molecule has 2 aromatic rings. The zero-order valence-electron chi connectivity index (χ0n) is 10.8. The minimum atomic E-state index is -3.98. The molecule has 112 valence electrons. The first-order valence-electron chi connectivity index (χ1n) is 5.74. The number of hydrogen-bond acceptors (Lipinski definition) is 3. The number of rotatable bonds is 3. The Labute approximate surface area is 135 Å². The molecular formula is C13H11BrClFN2O2S. The molecule has 0 aliphatic carbocycles. The summed E-state index contributed by atoms with van der Waals surface area (Å²) < 4.78 is 41.1. The van der Waals surface area contributed by atoms with Gasteiger partial charge in [-0.15, -0.1) is 0 Å². The van der Waals surface area contributed by atoms with Gasteiger partial charge in [0.25, 0.3) is 10.0 Å². The van der Waals surface area contributed by atoms with Crippen molar-refractivity contribution >= 4 is 48.9 Å². The van der Waals surface area contributed by atoms with Crippen molar-refractivity contribution in [2.45, 2.75) is 11.8 Å². The van der Waals surface area contributed by atoms with Gasteiger partial charge >= 0.3 is 0 Å². The fourth-order valence-corrected chi connectivity index (χ4v) is 3.51. The summed E-state index contributed by atoms with van der Waals surface area (Å²) in [6.45, 7) is 1.47. The Morgan fingerprint density at radius 2 is 1.95 bits per heavy atom. The van der Waals surface area contributed by atoms with Gasteiger partial charge in [-0.3, -0.25) is 4.72 Å². The molecular weight excluding hydrogens is 383 g/mol. The topological polar surface area (TPSA) is 72.2 Å². The predicted octanol–water partition coefficient (Wildman–Crippen LogP) is 3.93. The molecule has 0 aromatic heterocycles. The molecule has 8 heteroatoms. The Morgan fingerprint density at radius 3 is 2.52 bits per heavy atom. The first-order chi connectivity index (χ1) is 9.70. The zero-order valence-corrected chi connectivity index (χ0v) is 14.0. The summed E-state index contributed by atoms with van der Waals surface area (Å²) in [5.74, 6) is -0.683. The van der Waals surface area contributed by atoms with E-state index in [-0.39, 0.29) is 26.9 Å². The third kappa shape index (κ3) is 3.48. The molecule has 21 heavy (non-hydrogen) atoms. The monoisotopic (exact) mass is 392 g/mol. The summed E-state index contributed by atoms with van der Waals surface area (Å²) in [7, 11) is -3.98. The SMILES string of the molecule is Cc1c(N)cc(S(=O)(=O)Nc2ccc(Br)cc2Cl)cc1F. The fraction of sp³-hybridized carbons (Fsp3) is 0.0769. The van der Waals surface area contributed by atoms with Gasteiger partial charge in [-0.1, -0.05) is 27.5 Å². The summed E-state index contributed by atoms with van der Waals surface area (Å²) in [5.41, 5.74) is 6.06. The van der Waals surface area contributed by atoms with E-state index in [4.69, 9.17) is 17.3 Å². The van der Waals surface area contributed by atoms with Crippen LogP contribution in [0.2, 0.25) is 5.02 Å². The minimum absolute atomic E-state index is 0.0669. The van der Waals surface area contributed by atoms with Crippen LogP contribution in [0.25, 0.3) is 0 Å². The van der Waals surface area contributed by atoms with Crippen molar-refractivity contribution in [3.05, 3.63) is 51.2 Å². The lowest BCUT2D eigenvalue weighted by Gasteiger charge is -2.11. The largest absolute Gasteiger partial charge is 0.398 e. The van der Waals surface area contributed by atoms with E-state index >= 15 is 0 Å². The van der Waals surface area contributed by atoms with Crippen molar-refractivity contribution in [2.75, 3.05) is 10.5 Å². The van der Waals surface area contributed by atoms with E-state index in [0.717, 1.165) is 6.07 Å². The molecule has 0 fully saturated rings. The lowest BCUT2D eigenvalue weighted by molar-refractivity contribution is 0.593. The summed E-state index contributed by atoms with van der Waals surface area (Å²) in [4.78, 5) is -0.262. The van der Waals surface area contributed by atoms with Gasteiger partial charge in [0.05, 0.1) is 15.6 Å². The highest BCUT2D eigenvalue weighted by atomic mass is 79.9. The molecule has 2 aromatic carbocycles. The molecule has 0 aliphatic heterocycles. The number of anilines is 2. The molecule has 0 atom stereocenters. The van der Waals surface area contributed by atoms with E-state index in [0.29, 0.717) is 4.47 Å². The first-order valence-corrected chi connectivity index (χ1v) is 8.39. The Morgan fingerprint density at radius 1 is 1.29 bits per heavy atom. The van der Waals surface area contributed by atoms with Crippen LogP contribution in [0.3, 0.4) is 0 Å². The van der Waals surface area contributed by atoms with E-state index in [1.165, 1.54) is 19.1 Å². The average molecular weight is 394 g/mol. The van der Waals surface area contributed by atoms with Gasteiger partial charge in [0.1, 0.15) is 5.82 Å². The molecule has 0 unspecified atom stereocenters. The van der Waals surface area contributed by atoms with Gasteiger partial charge in [-0.25, -0.2) is 12.8 Å². The second-order valence-electron chi connectivity index (χ2n) is 4.35. The molecule has 0 radical (unpaired) electrons. The average Bonchev–Trinajstić information content (AvgIpc) is 2.38. The van der Waals surface area contributed by atoms with Crippen molar-refractivity contribution < 1.29 is 12.8 Å². The molecule has 2 rings (SSSR count). The molecule has 0 heterocycles. The third-order valence-corrected chi connectivity index (χ3v) is 4.99. The van der Waals surface area contributed by atoms with Crippen LogP contribution >= 0.6 is 27.5 Å². The van der Waals surface area contributed by atoms with Crippen molar-refractivity contribution in [1.29, 1.82) is 0 Å². The van der Waals surface area contributed by atoms with Crippen LogP contribution in [-0.4, -0.2) is 8.42 Å². The van der Waals surface area contributed by atoms with Crippen LogP contribution in [0.1, 0.15) is 5.56 Å². The number of nitrogen functional groups attached to an aromatic ring is 1. The number of nitrogens with two attached hydrogens (primary N) is 1. The van der Waals surface area contributed by atoms with Gasteiger partial charge in [0, 0.05) is 15.7 Å². The van der Waals surface area contributed by atoms with Crippen LogP contribution in [0.4, 0.5) is 15.8 Å². The van der Waals surface area contributed by atoms with E-state index < -0.39 is 15.8 Å². The molecule has 4 nitrogen and oxygen atoms in total. The van der Waals surface area contributed by atoms with Crippen LogP contribution in [0, 0.1) is 12.7 Å². The van der Waals surface area contributed by atoms with Crippen molar-refractivity contribution in [1.82, 2.24) is 0 Å². The highest BCUT2D eigenvalue weighted by Gasteiger charge is 2.18. The van der Waals surface area contributed by atoms with Gasteiger partial charge in [0.15, 0.2) is 0 Å². The van der Waals surface area contributed by atoms with Gasteiger partial charge in [-0.05, 0) is 37.3 Å². The molecule has 0 bridgehead atoms. The fourth-order valence-electron chi connectivity index (χ4n) is 1.61. The Balaban J connectivity index is 2.43. The maximum Gasteiger partial charge on any atom is 0.262 e. The molecule has 0 saturated heterocycles. The van der Waals surface area contributed by atoms with Crippen molar-refractivity contribution in [2.24, 2.45) is 0 Å². The number of benzene rings is 2. The third-order valence-electron chi connectivity index (χ3n) is 2.84. The van der Waals surface area contributed by atoms with Crippen molar-refractivity contribution in [3.8, 4) is 0 Å². The highest BCUT2D eigenvalue weighted by molar-refractivity contribution is 9.10. The zero-order chi connectivity index (χ0) is 15.8. The number of sulfonamides is 1. The molecule has 3 N–H and O–H groups in total. The van der Waals surface area contributed by atoms with Crippen LogP contribution in [0.5, 0.6) is 0 Å². The number of hydrogen-bond donors (Lipinski definition) is 2. The Kier molecular flexibility index (Phi) is 4.46. The standard InChI is InChI=1S/C13H11BrClFN2O2S/c1-7-11(16)5-9(6-12(7)17)21(19,20)18-13-3-2-8(14)4-10(13)15/h2-6,18H,17H2,1H3. The highest BCUT2D eigenvalue weighted by Crippen LogP contribution is 2.29. The van der Waals surface area contributed by atoms with Crippen molar-refractivity contribution in [3.63, 3.8) is 0 Å². The van der Waals surface area contributed by atoms with E-state index in [2.05, 4.69) is 20.7 Å². The summed E-state index contributed by atoms with van der Waals surface area (Å²) >= 11 is 9.18. The summed E-state index contributed by atoms with van der Waals surface area (Å²) in [5, 5.41) is 0.216. The second-order valence-corrected chi connectivity index (χ2v) is 7.35. The molecule has 0 spiro atoms. The minimum Gasteiger partial charge on any atom is -0.398 e. The predicted molar refractivity (Wildman–Crippen MR) is 85.5 cm³/mol. The molecule has 0 amide bonds. The quantitative estimate of drug-likeness (QED) is 0.776. The Hall–Kier alpha value is -1.31. The van der Waals surface area contributed by atoms with Gasteiger partial charge in [-0.2, -0.15) is 0 Å². The number of halogens is 3. The maximum absolute atomic E-state index is 13.6. The van der Waals surface area contributed by atoms with E-state index in [1.807, 2.05) is 0 Å². The Bertz CT molecular complexity index is 789. The van der Waals surface area contributed by atoms with E-state index in [9.17, 15) is 12.8 Å². The second kappa shape index (κ2) is 5.82. The van der Waals surface area contributed by atoms with Crippen LogP contribution in [-0.2, 0) is 10.0 Å². The number of nitrogens with one attached hydrogen (secondary N) is 1. The summed E-state index contributed by atoms with van der Waals surface area (Å²) in [6, 6.07) is 6.80. The van der Waals surface area contributed by atoms with E-state index in [1.54, 1.807) is 12.1 Å². The summed E-state index contributed by atoms with van der Waals surface area (Å²) in [6.07, 6.45) is 0. The lowest BCUT2D eigenvalue weighted by atomic mass is 10.2. The normalized spacial score (nSPS) is 11.4.